The zero-order chi connectivity index (χ0) is 15.5. The highest BCUT2D eigenvalue weighted by Gasteiger charge is 2.30. The molecule has 1 aromatic rings. The van der Waals surface area contributed by atoms with Gasteiger partial charge in [0.05, 0.1) is 6.04 Å². The molecule has 1 N–H and O–H groups in total. The number of carbonyl (C=O) groups excluding carboxylic acids is 1. The Hall–Kier alpha value is -1.55. The molecule has 1 fully saturated rings. The summed E-state index contributed by atoms with van der Waals surface area (Å²) in [5.74, 6) is 0. The van der Waals surface area contributed by atoms with E-state index in [4.69, 9.17) is 4.74 Å². The minimum atomic E-state index is -0.448. The predicted molar refractivity (Wildman–Crippen MR) is 84.5 cm³/mol. The fourth-order valence-electron chi connectivity index (χ4n) is 2.50. The van der Waals surface area contributed by atoms with Crippen LogP contribution in [-0.4, -0.2) is 42.3 Å². The van der Waals surface area contributed by atoms with Crippen LogP contribution in [0.2, 0.25) is 0 Å². The summed E-state index contributed by atoms with van der Waals surface area (Å²) in [7, 11) is 0. The first-order valence-electron chi connectivity index (χ1n) is 7.61. The van der Waals surface area contributed by atoms with Crippen molar-refractivity contribution < 1.29 is 9.53 Å². The second-order valence-corrected chi connectivity index (χ2v) is 6.72. The molecule has 4 nitrogen and oxygen atoms in total. The molecule has 1 saturated heterocycles. The summed E-state index contributed by atoms with van der Waals surface area (Å²) in [6.07, 6.45) is 0.646. The highest BCUT2D eigenvalue weighted by molar-refractivity contribution is 5.68. The first kappa shape index (κ1) is 15.8. The molecule has 1 atom stereocenters. The lowest BCUT2D eigenvalue weighted by Gasteiger charge is -2.37. The quantitative estimate of drug-likeness (QED) is 0.910. The monoisotopic (exact) mass is 290 g/mol. The second kappa shape index (κ2) is 6.48. The molecule has 0 spiro atoms. The number of carbonyl (C=O) groups is 1. The minimum absolute atomic E-state index is 0.149. The van der Waals surface area contributed by atoms with Crippen molar-refractivity contribution in [2.24, 2.45) is 0 Å². The Kier molecular flexibility index (Phi) is 4.88. The molecule has 1 aliphatic heterocycles. The van der Waals surface area contributed by atoms with Gasteiger partial charge < -0.3 is 15.0 Å². The Labute approximate surface area is 127 Å². The molecule has 0 saturated carbocycles. The average Bonchev–Trinajstić information content (AvgIpc) is 2.40. The van der Waals surface area contributed by atoms with E-state index in [0.29, 0.717) is 6.54 Å². The van der Waals surface area contributed by atoms with Crippen LogP contribution >= 0.6 is 0 Å². The summed E-state index contributed by atoms with van der Waals surface area (Å²) in [4.78, 5) is 14.2. The number of ether oxygens (including phenoxy) is 1. The largest absolute Gasteiger partial charge is 0.444 e. The highest BCUT2D eigenvalue weighted by atomic mass is 16.6. The lowest BCUT2D eigenvalue weighted by Crippen LogP contribution is -2.55. The maximum atomic E-state index is 12.3. The van der Waals surface area contributed by atoms with E-state index >= 15 is 0 Å². The maximum Gasteiger partial charge on any atom is 0.410 e. The summed E-state index contributed by atoms with van der Waals surface area (Å²) in [6, 6.07) is 8.65. The van der Waals surface area contributed by atoms with Crippen molar-refractivity contribution in [1.29, 1.82) is 0 Å². The summed E-state index contributed by atoms with van der Waals surface area (Å²) in [6.45, 7) is 10.1. The number of hydrogen-bond acceptors (Lipinski definition) is 3. The first-order valence-corrected chi connectivity index (χ1v) is 7.61. The van der Waals surface area contributed by atoms with Gasteiger partial charge in [0.15, 0.2) is 0 Å². The van der Waals surface area contributed by atoms with Crippen LogP contribution < -0.4 is 5.32 Å². The van der Waals surface area contributed by atoms with Gasteiger partial charge in [0.1, 0.15) is 5.60 Å². The van der Waals surface area contributed by atoms with Gasteiger partial charge >= 0.3 is 6.09 Å². The average molecular weight is 290 g/mol. The summed E-state index contributed by atoms with van der Waals surface area (Å²) in [5, 5.41) is 3.36. The van der Waals surface area contributed by atoms with Crippen LogP contribution in [0, 0.1) is 6.92 Å². The lowest BCUT2D eigenvalue weighted by atomic mass is 10.0. The van der Waals surface area contributed by atoms with E-state index in [0.717, 1.165) is 19.5 Å². The van der Waals surface area contributed by atoms with Gasteiger partial charge in [-0.3, -0.25) is 0 Å². The third-order valence-corrected chi connectivity index (χ3v) is 3.57. The van der Waals surface area contributed by atoms with Gasteiger partial charge in [-0.15, -0.1) is 0 Å². The van der Waals surface area contributed by atoms with Gasteiger partial charge in [-0.2, -0.15) is 0 Å². The van der Waals surface area contributed by atoms with Crippen molar-refractivity contribution in [3.63, 3.8) is 0 Å². The molecule has 2 rings (SSSR count). The van der Waals surface area contributed by atoms with Crippen molar-refractivity contribution in [3.05, 3.63) is 35.4 Å². The van der Waals surface area contributed by atoms with Crippen LogP contribution in [0.1, 0.15) is 31.9 Å². The van der Waals surface area contributed by atoms with E-state index in [9.17, 15) is 4.79 Å². The summed E-state index contributed by atoms with van der Waals surface area (Å²) < 4.78 is 5.52. The van der Waals surface area contributed by atoms with Crippen molar-refractivity contribution in [2.75, 3.05) is 19.6 Å². The Bertz CT molecular complexity index is 477. The Morgan fingerprint density at radius 3 is 2.62 bits per heavy atom. The third kappa shape index (κ3) is 4.74. The molecule has 0 aliphatic carbocycles. The smallest absolute Gasteiger partial charge is 0.410 e. The molecule has 0 aromatic heterocycles. The van der Waals surface area contributed by atoms with E-state index in [1.54, 1.807) is 0 Å². The predicted octanol–water partition coefficient (Wildman–Crippen LogP) is 2.75. The van der Waals surface area contributed by atoms with Crippen molar-refractivity contribution >= 4 is 6.09 Å². The molecule has 0 bridgehead atoms. The summed E-state index contributed by atoms with van der Waals surface area (Å²) >= 11 is 0. The number of nitrogens with one attached hydrogen (secondary N) is 1. The van der Waals surface area contributed by atoms with E-state index in [1.807, 2.05) is 25.7 Å². The fraction of sp³-hybridized carbons (Fsp3) is 0.588. The molecule has 1 aromatic carbocycles. The first-order chi connectivity index (χ1) is 9.85. The molecule has 4 heteroatoms. The Morgan fingerprint density at radius 1 is 1.33 bits per heavy atom. The lowest BCUT2D eigenvalue weighted by molar-refractivity contribution is 0.0122. The Balaban J connectivity index is 2.04. The number of piperazine rings is 1. The Morgan fingerprint density at radius 2 is 2.00 bits per heavy atom. The van der Waals surface area contributed by atoms with Gasteiger partial charge in [0.25, 0.3) is 0 Å². The normalized spacial score (nSPS) is 19.4. The number of hydrogen-bond donors (Lipinski definition) is 1. The SMILES string of the molecule is Cc1ccc(C[C@@H]2CNCCN2C(=O)OC(C)(C)C)cc1. The van der Waals surface area contributed by atoms with Gasteiger partial charge in [0, 0.05) is 19.6 Å². The highest BCUT2D eigenvalue weighted by Crippen LogP contribution is 2.16. The van der Waals surface area contributed by atoms with Crippen LogP contribution in [0.4, 0.5) is 4.79 Å². The number of benzene rings is 1. The molecule has 21 heavy (non-hydrogen) atoms. The van der Waals surface area contributed by atoms with Gasteiger partial charge in [-0.1, -0.05) is 29.8 Å². The molecule has 1 amide bonds. The van der Waals surface area contributed by atoms with E-state index in [1.165, 1.54) is 11.1 Å². The zero-order valence-corrected chi connectivity index (χ0v) is 13.5. The van der Waals surface area contributed by atoms with Crippen molar-refractivity contribution in [2.45, 2.75) is 45.8 Å². The number of rotatable bonds is 2. The van der Waals surface area contributed by atoms with Crippen LogP contribution in [0.25, 0.3) is 0 Å². The van der Waals surface area contributed by atoms with Gasteiger partial charge in [-0.25, -0.2) is 4.79 Å². The molecular formula is C17H26N2O2. The topological polar surface area (TPSA) is 41.6 Å². The maximum absolute atomic E-state index is 12.3. The molecule has 1 heterocycles. The van der Waals surface area contributed by atoms with E-state index < -0.39 is 5.60 Å². The van der Waals surface area contributed by atoms with Crippen LogP contribution in [-0.2, 0) is 11.2 Å². The van der Waals surface area contributed by atoms with Gasteiger partial charge in [0.2, 0.25) is 0 Å². The number of aryl methyl sites for hydroxylation is 1. The number of amides is 1. The van der Waals surface area contributed by atoms with Crippen molar-refractivity contribution in [3.8, 4) is 0 Å². The minimum Gasteiger partial charge on any atom is -0.444 e. The van der Waals surface area contributed by atoms with E-state index in [-0.39, 0.29) is 12.1 Å². The fourth-order valence-corrected chi connectivity index (χ4v) is 2.50. The summed E-state index contributed by atoms with van der Waals surface area (Å²) in [5.41, 5.74) is 2.06. The molecule has 0 radical (unpaired) electrons. The molecular weight excluding hydrogens is 264 g/mol. The molecule has 1 aliphatic rings. The standard InChI is InChI=1S/C17H26N2O2/c1-13-5-7-14(8-6-13)11-15-12-18-9-10-19(15)16(20)21-17(2,3)4/h5-8,15,18H,9-12H2,1-4H3/t15-/m1/s1. The van der Waals surface area contributed by atoms with E-state index in [2.05, 4.69) is 36.5 Å². The molecule has 0 unspecified atom stereocenters. The van der Waals surface area contributed by atoms with Crippen molar-refractivity contribution in [1.82, 2.24) is 10.2 Å². The molecule has 116 valence electrons. The third-order valence-electron chi connectivity index (χ3n) is 3.57. The van der Waals surface area contributed by atoms with Gasteiger partial charge in [-0.05, 0) is 39.7 Å². The number of nitrogens with zero attached hydrogens (tertiary/aromatic N) is 1. The van der Waals surface area contributed by atoms with Crippen LogP contribution in [0.5, 0.6) is 0 Å². The second-order valence-electron chi connectivity index (χ2n) is 6.72. The zero-order valence-electron chi connectivity index (χ0n) is 13.5. The van der Waals surface area contributed by atoms with Crippen LogP contribution in [0.15, 0.2) is 24.3 Å². The van der Waals surface area contributed by atoms with Crippen LogP contribution in [0.3, 0.4) is 0 Å².